The highest BCUT2D eigenvalue weighted by Gasteiger charge is 2.45. The molecule has 1 aromatic rings. The molecule has 0 spiro atoms. The van der Waals surface area contributed by atoms with Gasteiger partial charge in [-0.25, -0.2) is 0 Å². The Morgan fingerprint density at radius 3 is 2.24 bits per heavy atom. The number of ether oxygens (including phenoxy) is 3. The van der Waals surface area contributed by atoms with Gasteiger partial charge in [-0.3, -0.25) is 0 Å². The van der Waals surface area contributed by atoms with Gasteiger partial charge in [-0.1, -0.05) is 0 Å². The molecule has 0 unspecified atom stereocenters. The molecule has 2 rings (SSSR count). The molecule has 4 heteroatoms. The molecule has 0 atom stereocenters. The van der Waals surface area contributed by atoms with E-state index >= 15 is 0 Å². The summed E-state index contributed by atoms with van der Waals surface area (Å²) in [5.41, 5.74) is 7.02. The van der Waals surface area contributed by atoms with Crippen LogP contribution in [0.5, 0.6) is 17.2 Å². The van der Waals surface area contributed by atoms with Crippen molar-refractivity contribution < 1.29 is 14.2 Å². The minimum atomic E-state index is 0.0488. The van der Waals surface area contributed by atoms with E-state index < -0.39 is 0 Å². The maximum absolute atomic E-state index is 5.87. The smallest absolute Gasteiger partial charge is 0.164 e. The lowest BCUT2D eigenvalue weighted by Gasteiger charge is -2.20. The predicted molar refractivity (Wildman–Crippen MR) is 66.1 cm³/mol. The number of benzene rings is 1. The minimum absolute atomic E-state index is 0.0488. The fraction of sp³-hybridized carbons (Fsp3) is 0.538. The Kier molecular flexibility index (Phi) is 3.15. The first-order valence-electron chi connectivity index (χ1n) is 5.71. The van der Waals surface area contributed by atoms with E-state index in [1.54, 1.807) is 21.3 Å². The van der Waals surface area contributed by atoms with Crippen LogP contribution >= 0.6 is 0 Å². The molecule has 1 aliphatic rings. The molecule has 17 heavy (non-hydrogen) atoms. The highest BCUT2D eigenvalue weighted by Crippen LogP contribution is 2.53. The van der Waals surface area contributed by atoms with Gasteiger partial charge in [0.05, 0.1) is 21.3 Å². The molecule has 1 fully saturated rings. The summed E-state index contributed by atoms with van der Waals surface area (Å²) in [6.45, 7) is 0.625. The predicted octanol–water partition coefficient (Wildman–Crippen LogP) is 1.70. The Balaban J connectivity index is 2.55. The van der Waals surface area contributed by atoms with E-state index in [9.17, 15) is 0 Å². The largest absolute Gasteiger partial charge is 0.497 e. The van der Waals surface area contributed by atoms with Crippen LogP contribution in [0.4, 0.5) is 0 Å². The topological polar surface area (TPSA) is 53.7 Å². The summed E-state index contributed by atoms with van der Waals surface area (Å²) in [6, 6.07) is 3.83. The third kappa shape index (κ3) is 1.93. The number of methoxy groups -OCH3 is 3. The number of hydrogen-bond acceptors (Lipinski definition) is 4. The normalized spacial score (nSPS) is 16.5. The van der Waals surface area contributed by atoms with Crippen LogP contribution in [-0.2, 0) is 5.41 Å². The maximum Gasteiger partial charge on any atom is 0.164 e. The highest BCUT2D eigenvalue weighted by atomic mass is 16.5. The molecule has 0 aliphatic heterocycles. The van der Waals surface area contributed by atoms with Crippen LogP contribution in [0.3, 0.4) is 0 Å². The second-order valence-corrected chi connectivity index (χ2v) is 4.39. The number of hydrogen-bond donors (Lipinski definition) is 1. The highest BCUT2D eigenvalue weighted by molar-refractivity contribution is 5.56. The van der Waals surface area contributed by atoms with Crippen molar-refractivity contribution in [1.29, 1.82) is 0 Å². The summed E-state index contributed by atoms with van der Waals surface area (Å²) in [5.74, 6) is 2.25. The van der Waals surface area contributed by atoms with Crippen molar-refractivity contribution in [3.8, 4) is 17.2 Å². The van der Waals surface area contributed by atoms with Gasteiger partial charge >= 0.3 is 0 Å². The summed E-state index contributed by atoms with van der Waals surface area (Å²) < 4.78 is 16.1. The van der Waals surface area contributed by atoms with Gasteiger partial charge in [0.2, 0.25) is 0 Å². The maximum atomic E-state index is 5.87. The molecule has 0 bridgehead atoms. The average Bonchev–Trinajstić information content (AvgIpc) is 3.17. The molecule has 4 nitrogen and oxygen atoms in total. The lowest BCUT2D eigenvalue weighted by atomic mass is 9.94. The molecule has 2 N–H and O–H groups in total. The van der Waals surface area contributed by atoms with Crippen molar-refractivity contribution in [1.82, 2.24) is 0 Å². The second-order valence-electron chi connectivity index (χ2n) is 4.39. The van der Waals surface area contributed by atoms with Gasteiger partial charge in [-0.15, -0.1) is 0 Å². The number of rotatable bonds is 5. The molecular formula is C13H19NO3. The lowest BCUT2D eigenvalue weighted by molar-refractivity contribution is 0.342. The summed E-state index contributed by atoms with van der Waals surface area (Å²) in [4.78, 5) is 0. The lowest BCUT2D eigenvalue weighted by Crippen LogP contribution is -2.20. The Morgan fingerprint density at radius 2 is 1.82 bits per heavy atom. The van der Waals surface area contributed by atoms with Crippen molar-refractivity contribution in [2.75, 3.05) is 27.9 Å². The van der Waals surface area contributed by atoms with Crippen LogP contribution in [-0.4, -0.2) is 27.9 Å². The van der Waals surface area contributed by atoms with Crippen LogP contribution in [0.25, 0.3) is 0 Å². The SMILES string of the molecule is COc1cc(OC)c(OC)c(C2(CN)CC2)c1. The summed E-state index contributed by atoms with van der Waals surface area (Å²) in [5, 5.41) is 0. The Labute approximate surface area is 102 Å². The van der Waals surface area contributed by atoms with Gasteiger partial charge in [0, 0.05) is 23.6 Å². The zero-order chi connectivity index (χ0) is 12.5. The third-order valence-corrected chi connectivity index (χ3v) is 3.50. The van der Waals surface area contributed by atoms with E-state index in [2.05, 4.69) is 0 Å². The van der Waals surface area contributed by atoms with Gasteiger partial charge < -0.3 is 19.9 Å². The van der Waals surface area contributed by atoms with E-state index in [-0.39, 0.29) is 5.41 Å². The molecule has 0 radical (unpaired) electrons. The first-order valence-corrected chi connectivity index (χ1v) is 5.71. The van der Waals surface area contributed by atoms with E-state index in [0.29, 0.717) is 12.3 Å². The van der Waals surface area contributed by atoms with Crippen molar-refractivity contribution in [3.63, 3.8) is 0 Å². The van der Waals surface area contributed by atoms with Gasteiger partial charge in [0.15, 0.2) is 11.5 Å². The van der Waals surface area contributed by atoms with E-state index in [0.717, 1.165) is 29.9 Å². The average molecular weight is 237 g/mol. The Bertz CT molecular complexity index is 413. The van der Waals surface area contributed by atoms with Gasteiger partial charge in [-0.05, 0) is 18.9 Å². The first kappa shape index (κ1) is 12.0. The molecule has 0 amide bonds. The van der Waals surface area contributed by atoms with Crippen molar-refractivity contribution in [2.45, 2.75) is 18.3 Å². The fourth-order valence-corrected chi connectivity index (χ4v) is 2.19. The fourth-order valence-electron chi connectivity index (χ4n) is 2.19. The summed E-state index contributed by atoms with van der Waals surface area (Å²) in [6.07, 6.45) is 2.19. The van der Waals surface area contributed by atoms with Gasteiger partial charge in [0.1, 0.15) is 5.75 Å². The monoisotopic (exact) mass is 237 g/mol. The summed E-state index contributed by atoms with van der Waals surface area (Å²) in [7, 11) is 4.93. The van der Waals surface area contributed by atoms with Crippen LogP contribution in [0.1, 0.15) is 18.4 Å². The quantitative estimate of drug-likeness (QED) is 0.847. The van der Waals surface area contributed by atoms with Crippen molar-refractivity contribution >= 4 is 0 Å². The Morgan fingerprint density at radius 1 is 1.12 bits per heavy atom. The van der Waals surface area contributed by atoms with Crippen LogP contribution in [0, 0.1) is 0 Å². The Hall–Kier alpha value is -1.42. The molecule has 1 saturated carbocycles. The van der Waals surface area contributed by atoms with Crippen LogP contribution in [0.15, 0.2) is 12.1 Å². The molecule has 1 aromatic carbocycles. The molecule has 0 saturated heterocycles. The number of nitrogens with two attached hydrogens (primary N) is 1. The third-order valence-electron chi connectivity index (χ3n) is 3.50. The zero-order valence-corrected chi connectivity index (χ0v) is 10.6. The standard InChI is InChI=1S/C13H19NO3/c1-15-9-6-10(13(8-14)4-5-13)12(17-3)11(7-9)16-2/h6-7H,4-5,8,14H2,1-3H3. The molecule has 1 aliphatic carbocycles. The van der Waals surface area contributed by atoms with Crippen LogP contribution < -0.4 is 19.9 Å². The summed E-state index contributed by atoms with van der Waals surface area (Å²) >= 11 is 0. The van der Waals surface area contributed by atoms with E-state index in [1.807, 2.05) is 12.1 Å². The molecule has 94 valence electrons. The molecule has 0 heterocycles. The van der Waals surface area contributed by atoms with Crippen molar-refractivity contribution in [3.05, 3.63) is 17.7 Å². The van der Waals surface area contributed by atoms with Gasteiger partial charge in [-0.2, -0.15) is 0 Å². The van der Waals surface area contributed by atoms with Crippen molar-refractivity contribution in [2.24, 2.45) is 5.73 Å². The van der Waals surface area contributed by atoms with Gasteiger partial charge in [0.25, 0.3) is 0 Å². The second kappa shape index (κ2) is 4.45. The first-order chi connectivity index (χ1) is 8.20. The minimum Gasteiger partial charge on any atom is -0.497 e. The van der Waals surface area contributed by atoms with E-state index in [4.69, 9.17) is 19.9 Å². The molecule has 0 aromatic heterocycles. The van der Waals surface area contributed by atoms with E-state index in [1.165, 1.54) is 0 Å². The zero-order valence-electron chi connectivity index (χ0n) is 10.6. The molecular weight excluding hydrogens is 218 g/mol. The van der Waals surface area contributed by atoms with Crippen LogP contribution in [0.2, 0.25) is 0 Å².